The maximum Gasteiger partial charge on any atom is 0.447 e. The van der Waals surface area contributed by atoms with E-state index in [4.69, 9.17) is 43.8 Å². The van der Waals surface area contributed by atoms with Crippen LogP contribution in [0.2, 0.25) is 0 Å². The van der Waals surface area contributed by atoms with Crippen molar-refractivity contribution in [2.24, 2.45) is 16.0 Å². The second kappa shape index (κ2) is 17.0. The molecule has 0 saturated carbocycles. The van der Waals surface area contributed by atoms with Gasteiger partial charge in [0.05, 0.1) is 0 Å². The molecule has 52 heavy (non-hydrogen) atoms. The molecular formula is C38H36N5O6P3. The lowest BCUT2D eigenvalue weighted by Crippen LogP contribution is -2.37. The summed E-state index contributed by atoms with van der Waals surface area (Å²) in [4.78, 5) is 13.5. The Balaban J connectivity index is 1.51. The minimum Gasteiger partial charge on any atom is -0.440 e. The lowest BCUT2D eigenvalue weighted by Gasteiger charge is -2.44. The standard InChI is InChI=1S/C38H36N5O6P3/c39-29-31-17-13-15-27-37(31)48-52(49-38-28-16-14-18-32(38)30-40)41-50(46-35-23-9-3-10-24-35)42(44-33-19-5-1-6-20-33)51(47-36-25-11-4-12-26-36)43(52)45-34-21-7-2-8-22-34/h1-28H,29-30,39-40H2. The third kappa shape index (κ3) is 8.39. The van der Waals surface area contributed by atoms with Crippen LogP contribution in [-0.4, -0.2) is 9.21 Å². The fourth-order valence-electron chi connectivity index (χ4n) is 4.88. The van der Waals surface area contributed by atoms with E-state index in [1.165, 1.54) is 0 Å². The molecule has 264 valence electrons. The fourth-order valence-corrected chi connectivity index (χ4v) is 12.4. The van der Waals surface area contributed by atoms with Gasteiger partial charge in [0.15, 0.2) is 0 Å². The van der Waals surface area contributed by atoms with Crippen molar-refractivity contribution in [2.75, 3.05) is 0 Å². The molecule has 11 nitrogen and oxygen atoms in total. The second-order valence-electron chi connectivity index (χ2n) is 11.0. The molecule has 4 N–H and O–H groups in total. The lowest BCUT2D eigenvalue weighted by atomic mass is 10.2. The largest absolute Gasteiger partial charge is 0.447 e. The van der Waals surface area contributed by atoms with E-state index in [0.717, 1.165) is 11.1 Å². The summed E-state index contributed by atoms with van der Waals surface area (Å²) >= 11 is 0. The molecule has 6 aromatic rings. The molecule has 1 aliphatic heterocycles. The summed E-state index contributed by atoms with van der Waals surface area (Å²) in [6.45, 7) is 0.395. The second-order valence-corrected chi connectivity index (χ2v) is 16.5. The Labute approximate surface area is 305 Å². The summed E-state index contributed by atoms with van der Waals surface area (Å²) in [6, 6.07) is 52.4. The van der Waals surface area contributed by atoms with Crippen LogP contribution in [0, 0.1) is 0 Å². The molecule has 7 rings (SSSR count). The normalized spacial score (nSPS) is 17.0. The minimum absolute atomic E-state index is 0.197. The van der Waals surface area contributed by atoms with E-state index in [1.807, 2.05) is 170 Å². The summed E-state index contributed by atoms with van der Waals surface area (Å²) < 4.78 is 36.3. The lowest BCUT2D eigenvalue weighted by molar-refractivity contribution is 0.0545. The smallest absolute Gasteiger partial charge is 0.440 e. The SMILES string of the molecule is NCc1ccccc1OP1(Oc2ccccc2CN)=NP(Oc2ccccc2)N(Oc2ccccc2)P(Oc2ccccc2)N1Oc1ccccc1. The van der Waals surface area contributed by atoms with Gasteiger partial charge in [0.25, 0.3) is 0 Å². The van der Waals surface area contributed by atoms with Crippen LogP contribution >= 0.6 is 24.6 Å². The van der Waals surface area contributed by atoms with Gasteiger partial charge in [0.2, 0.25) is 0 Å². The van der Waals surface area contributed by atoms with Gasteiger partial charge in [0, 0.05) is 33.4 Å². The molecule has 14 heteroatoms. The summed E-state index contributed by atoms with van der Waals surface area (Å²) in [7, 11) is -8.23. The first-order chi connectivity index (χ1) is 25.6. The number of hydrogen-bond donors (Lipinski definition) is 2. The van der Waals surface area contributed by atoms with Crippen molar-refractivity contribution in [3.63, 3.8) is 0 Å². The zero-order valence-electron chi connectivity index (χ0n) is 27.9. The summed E-state index contributed by atoms with van der Waals surface area (Å²) in [6.07, 6.45) is 0. The summed E-state index contributed by atoms with van der Waals surface area (Å²) in [5.41, 5.74) is 14.0. The average Bonchev–Trinajstić information content (AvgIpc) is 3.19. The molecule has 1 heterocycles. The van der Waals surface area contributed by atoms with Crippen LogP contribution in [-0.2, 0) is 13.1 Å². The minimum atomic E-state index is -3.91. The van der Waals surface area contributed by atoms with Crippen LogP contribution in [0.3, 0.4) is 0 Å². The number of para-hydroxylation sites is 6. The number of hydrogen-bond acceptors (Lipinski definition) is 11. The highest BCUT2D eigenvalue weighted by Gasteiger charge is 2.58. The third-order valence-corrected chi connectivity index (χ3v) is 14.2. The van der Waals surface area contributed by atoms with E-state index in [0.29, 0.717) is 34.5 Å². The molecule has 6 aromatic carbocycles. The van der Waals surface area contributed by atoms with Gasteiger partial charge < -0.3 is 39.2 Å². The molecular weight excluding hydrogens is 715 g/mol. The van der Waals surface area contributed by atoms with E-state index in [-0.39, 0.29) is 13.1 Å². The molecule has 2 unspecified atom stereocenters. The van der Waals surface area contributed by atoms with E-state index in [9.17, 15) is 0 Å². The third-order valence-electron chi connectivity index (χ3n) is 7.39. The van der Waals surface area contributed by atoms with Gasteiger partial charge in [-0.1, -0.05) is 109 Å². The van der Waals surface area contributed by atoms with Crippen LogP contribution in [0.1, 0.15) is 11.1 Å². The van der Waals surface area contributed by atoms with E-state index >= 15 is 0 Å². The number of nitrogens with zero attached hydrogens (tertiary/aromatic N) is 3. The summed E-state index contributed by atoms with van der Waals surface area (Å²) in [5.74, 6) is 3.00. The first-order valence-electron chi connectivity index (χ1n) is 16.3. The summed E-state index contributed by atoms with van der Waals surface area (Å²) in [5, 5.41) is 0. The zero-order chi connectivity index (χ0) is 35.6. The average molecular weight is 752 g/mol. The molecule has 0 aromatic heterocycles. The molecule has 0 fully saturated rings. The molecule has 0 amide bonds. The van der Waals surface area contributed by atoms with Crippen LogP contribution in [0.25, 0.3) is 0 Å². The Bertz CT molecular complexity index is 2030. The topological polar surface area (TPSA) is 126 Å². The molecule has 0 saturated heterocycles. The maximum atomic E-state index is 7.08. The van der Waals surface area contributed by atoms with Crippen LogP contribution in [0.5, 0.6) is 34.5 Å². The predicted molar refractivity (Wildman–Crippen MR) is 205 cm³/mol. The van der Waals surface area contributed by atoms with E-state index in [2.05, 4.69) is 0 Å². The van der Waals surface area contributed by atoms with Crippen molar-refractivity contribution >= 4 is 24.6 Å². The highest BCUT2D eigenvalue weighted by atomic mass is 31.3. The Kier molecular flexibility index (Phi) is 11.6. The van der Waals surface area contributed by atoms with Gasteiger partial charge in [-0.2, -0.15) is 0 Å². The number of nitrogens with two attached hydrogens (primary N) is 2. The molecule has 0 bridgehead atoms. The molecule has 2 atom stereocenters. The molecule has 1 aliphatic rings. The van der Waals surface area contributed by atoms with E-state index < -0.39 is 24.6 Å². The quantitative estimate of drug-likeness (QED) is 0.104. The predicted octanol–water partition coefficient (Wildman–Crippen LogP) is 10.2. The van der Waals surface area contributed by atoms with Gasteiger partial charge in [-0.05, 0) is 60.7 Å². The van der Waals surface area contributed by atoms with Crippen LogP contribution < -0.4 is 39.2 Å². The van der Waals surface area contributed by atoms with Gasteiger partial charge in [-0.3, -0.25) is 0 Å². The van der Waals surface area contributed by atoms with Crippen molar-refractivity contribution in [3.8, 4) is 34.5 Å². The Hall–Kier alpha value is -4.95. The van der Waals surface area contributed by atoms with Crippen molar-refractivity contribution in [1.29, 1.82) is 0 Å². The Morgan fingerprint density at radius 2 is 0.885 bits per heavy atom. The zero-order valence-corrected chi connectivity index (χ0v) is 30.6. The van der Waals surface area contributed by atoms with Gasteiger partial charge in [0.1, 0.15) is 34.5 Å². The first kappa shape index (κ1) is 35.5. The van der Waals surface area contributed by atoms with Crippen LogP contribution in [0.4, 0.5) is 0 Å². The first-order valence-corrected chi connectivity index (χ1v) is 20.2. The highest BCUT2D eigenvalue weighted by molar-refractivity contribution is 7.78. The van der Waals surface area contributed by atoms with Gasteiger partial charge in [-0.15, -0.1) is 4.52 Å². The Morgan fingerprint density at radius 3 is 1.37 bits per heavy atom. The fraction of sp³-hybridized carbons (Fsp3) is 0.0526. The molecule has 0 spiro atoms. The van der Waals surface area contributed by atoms with Crippen molar-refractivity contribution in [3.05, 3.63) is 181 Å². The highest BCUT2D eigenvalue weighted by Crippen LogP contribution is 2.78. The monoisotopic (exact) mass is 751 g/mol. The van der Waals surface area contributed by atoms with E-state index in [1.54, 1.807) is 9.21 Å². The van der Waals surface area contributed by atoms with Crippen molar-refractivity contribution < 1.29 is 27.8 Å². The molecule has 0 radical (unpaired) electrons. The van der Waals surface area contributed by atoms with Gasteiger partial charge >= 0.3 is 24.6 Å². The molecule has 0 aliphatic carbocycles. The Morgan fingerprint density at radius 1 is 0.481 bits per heavy atom. The van der Waals surface area contributed by atoms with Crippen molar-refractivity contribution in [2.45, 2.75) is 13.1 Å². The number of rotatable bonds is 14. The van der Waals surface area contributed by atoms with Crippen molar-refractivity contribution in [1.82, 2.24) is 9.21 Å². The van der Waals surface area contributed by atoms with Gasteiger partial charge in [-0.25, -0.2) is 0 Å². The number of benzene rings is 6. The van der Waals surface area contributed by atoms with Crippen LogP contribution in [0.15, 0.2) is 174 Å². The maximum absolute atomic E-state index is 7.08.